The zero-order chi connectivity index (χ0) is 24.0. The summed E-state index contributed by atoms with van der Waals surface area (Å²) >= 11 is 1.39. The lowest BCUT2D eigenvalue weighted by Gasteiger charge is -2.19. The number of benzene rings is 2. The normalized spacial score (nSPS) is 12.4. The molecule has 0 aliphatic heterocycles. The summed E-state index contributed by atoms with van der Waals surface area (Å²) in [7, 11) is -2.87. The van der Waals surface area contributed by atoms with Crippen LogP contribution in [0.3, 0.4) is 0 Å². The van der Waals surface area contributed by atoms with Gasteiger partial charge in [0.2, 0.25) is 10.0 Å². The van der Waals surface area contributed by atoms with Crippen LogP contribution < -0.4 is 5.32 Å². The van der Waals surface area contributed by atoms with E-state index in [1.165, 1.54) is 30.5 Å². The molecule has 0 fully saturated rings. The van der Waals surface area contributed by atoms with Crippen molar-refractivity contribution in [3.63, 3.8) is 0 Å². The Morgan fingerprint density at radius 2 is 1.64 bits per heavy atom. The molecule has 7 nitrogen and oxygen atoms in total. The molecular formula is C22H20F2N2O5S2. The standard InChI is InChI=1S/C22H20F2N2O5S2/c1-26(33(29,30)18-10-8-17(24)9-11-18)13-21(28)31-14-20(27)25-22(19-3-2-12-32-19)15-4-6-16(23)7-5-15/h2-12,22H,13-14H2,1H3,(H,25,27). The van der Waals surface area contributed by atoms with Crippen molar-refractivity contribution in [1.82, 2.24) is 9.62 Å². The first kappa shape index (κ1) is 24.5. The number of halogens is 2. The molecule has 11 heteroatoms. The molecule has 1 N–H and O–H groups in total. The molecule has 3 aromatic rings. The van der Waals surface area contributed by atoms with Gasteiger partial charge in [-0.05, 0) is 53.4 Å². The number of hydrogen-bond acceptors (Lipinski definition) is 6. The van der Waals surface area contributed by atoms with Crippen molar-refractivity contribution in [1.29, 1.82) is 0 Å². The molecule has 3 rings (SSSR count). The fourth-order valence-electron chi connectivity index (χ4n) is 2.88. The summed E-state index contributed by atoms with van der Waals surface area (Å²) in [5.41, 5.74) is 0.642. The number of thiophene rings is 1. The summed E-state index contributed by atoms with van der Waals surface area (Å²) in [6.45, 7) is -1.27. The van der Waals surface area contributed by atoms with Crippen molar-refractivity contribution in [3.05, 3.63) is 88.1 Å². The molecule has 1 aromatic heterocycles. The summed E-state index contributed by atoms with van der Waals surface area (Å²) < 4.78 is 56.9. The third-order valence-corrected chi connectivity index (χ3v) is 7.33. The second-order valence-corrected chi connectivity index (χ2v) is 9.97. The van der Waals surface area contributed by atoms with Crippen molar-refractivity contribution in [2.24, 2.45) is 0 Å². The van der Waals surface area contributed by atoms with Gasteiger partial charge in [-0.15, -0.1) is 11.3 Å². The zero-order valence-corrected chi connectivity index (χ0v) is 19.0. The van der Waals surface area contributed by atoms with Gasteiger partial charge in [0.05, 0.1) is 10.9 Å². The minimum absolute atomic E-state index is 0.185. The van der Waals surface area contributed by atoms with E-state index >= 15 is 0 Å². The Balaban J connectivity index is 1.58. The number of carbonyl (C=O) groups is 2. The lowest BCUT2D eigenvalue weighted by Crippen LogP contribution is -2.36. The molecule has 1 atom stereocenters. The van der Waals surface area contributed by atoms with Gasteiger partial charge >= 0.3 is 5.97 Å². The summed E-state index contributed by atoms with van der Waals surface area (Å²) in [5.74, 6) is -2.56. The van der Waals surface area contributed by atoms with E-state index < -0.39 is 52.7 Å². The Bertz CT molecular complexity index is 1200. The van der Waals surface area contributed by atoms with E-state index in [1.807, 2.05) is 5.38 Å². The quantitative estimate of drug-likeness (QED) is 0.462. The van der Waals surface area contributed by atoms with Crippen LogP contribution >= 0.6 is 11.3 Å². The van der Waals surface area contributed by atoms with Gasteiger partial charge in [0.25, 0.3) is 5.91 Å². The van der Waals surface area contributed by atoms with Crippen molar-refractivity contribution >= 4 is 33.2 Å². The molecule has 0 aliphatic rings. The molecule has 1 unspecified atom stereocenters. The highest BCUT2D eigenvalue weighted by Gasteiger charge is 2.24. The first-order valence-corrected chi connectivity index (χ1v) is 11.9. The first-order valence-electron chi connectivity index (χ1n) is 9.62. The SMILES string of the molecule is CN(CC(=O)OCC(=O)NC(c1ccc(F)cc1)c1cccs1)S(=O)(=O)c1ccc(F)cc1. The number of nitrogens with one attached hydrogen (secondary N) is 1. The van der Waals surface area contributed by atoms with E-state index in [9.17, 15) is 26.8 Å². The largest absolute Gasteiger partial charge is 0.455 e. The third-order valence-electron chi connectivity index (χ3n) is 4.57. The van der Waals surface area contributed by atoms with Crippen molar-refractivity contribution in [3.8, 4) is 0 Å². The minimum atomic E-state index is -4.04. The topological polar surface area (TPSA) is 92.8 Å². The highest BCUT2D eigenvalue weighted by molar-refractivity contribution is 7.89. The number of amides is 1. The van der Waals surface area contributed by atoms with Gasteiger partial charge in [-0.2, -0.15) is 4.31 Å². The molecule has 0 saturated carbocycles. The van der Waals surface area contributed by atoms with Crippen LogP contribution in [0.25, 0.3) is 0 Å². The molecule has 0 radical (unpaired) electrons. The predicted molar refractivity (Wildman–Crippen MR) is 118 cm³/mol. The van der Waals surface area contributed by atoms with Gasteiger partial charge < -0.3 is 10.1 Å². The van der Waals surface area contributed by atoms with Crippen LogP contribution in [-0.2, 0) is 24.3 Å². The monoisotopic (exact) mass is 494 g/mol. The second kappa shape index (κ2) is 10.6. The molecule has 0 bridgehead atoms. The van der Waals surface area contributed by atoms with E-state index in [-0.39, 0.29) is 4.90 Å². The maximum Gasteiger partial charge on any atom is 0.321 e. The Kier molecular flexibility index (Phi) is 7.90. The lowest BCUT2D eigenvalue weighted by molar-refractivity contribution is -0.148. The number of sulfonamides is 1. The molecule has 174 valence electrons. The van der Waals surface area contributed by atoms with E-state index in [0.29, 0.717) is 5.56 Å². The highest BCUT2D eigenvalue weighted by atomic mass is 32.2. The van der Waals surface area contributed by atoms with Crippen LogP contribution in [0.5, 0.6) is 0 Å². The number of hydrogen-bond donors (Lipinski definition) is 1. The van der Waals surface area contributed by atoms with Crippen LogP contribution in [0.1, 0.15) is 16.5 Å². The van der Waals surface area contributed by atoms with Crippen LogP contribution in [0.2, 0.25) is 0 Å². The summed E-state index contributed by atoms with van der Waals surface area (Å²) in [5, 5.41) is 4.56. The molecule has 33 heavy (non-hydrogen) atoms. The smallest absolute Gasteiger partial charge is 0.321 e. The van der Waals surface area contributed by atoms with Crippen molar-refractivity contribution in [2.75, 3.05) is 20.2 Å². The highest BCUT2D eigenvalue weighted by Crippen LogP contribution is 2.26. The van der Waals surface area contributed by atoms with E-state index in [2.05, 4.69) is 5.32 Å². The molecule has 0 saturated heterocycles. The van der Waals surface area contributed by atoms with Gasteiger partial charge in [0.15, 0.2) is 6.61 Å². The van der Waals surface area contributed by atoms with E-state index in [4.69, 9.17) is 4.74 Å². The van der Waals surface area contributed by atoms with E-state index in [1.54, 1.807) is 24.3 Å². The molecule has 1 amide bonds. The number of nitrogens with zero attached hydrogens (tertiary/aromatic N) is 1. The zero-order valence-electron chi connectivity index (χ0n) is 17.4. The van der Waals surface area contributed by atoms with Gasteiger partial charge in [0, 0.05) is 11.9 Å². The van der Waals surface area contributed by atoms with E-state index in [0.717, 1.165) is 33.4 Å². The number of esters is 1. The fraction of sp³-hybridized carbons (Fsp3) is 0.182. The summed E-state index contributed by atoms with van der Waals surface area (Å²) in [6, 6.07) is 12.8. The van der Waals surface area contributed by atoms with Gasteiger partial charge in [-0.3, -0.25) is 9.59 Å². The minimum Gasteiger partial charge on any atom is -0.455 e. The van der Waals surface area contributed by atoms with Crippen LogP contribution in [0.4, 0.5) is 8.78 Å². The Hall–Kier alpha value is -3.15. The number of likely N-dealkylation sites (N-methyl/N-ethyl adjacent to an activating group) is 1. The first-order chi connectivity index (χ1) is 15.7. The average Bonchev–Trinajstić information content (AvgIpc) is 3.31. The van der Waals surface area contributed by atoms with Gasteiger partial charge in [0.1, 0.15) is 18.2 Å². The Labute approximate surface area is 193 Å². The number of rotatable bonds is 9. The molecule has 0 aliphatic carbocycles. The Morgan fingerprint density at radius 1 is 1.03 bits per heavy atom. The number of ether oxygens (including phenoxy) is 1. The summed E-state index contributed by atoms with van der Waals surface area (Å²) in [6.07, 6.45) is 0. The summed E-state index contributed by atoms with van der Waals surface area (Å²) in [4.78, 5) is 25.1. The van der Waals surface area contributed by atoms with Gasteiger partial charge in [-0.1, -0.05) is 18.2 Å². The lowest BCUT2D eigenvalue weighted by atomic mass is 10.1. The van der Waals surface area contributed by atoms with Crippen molar-refractivity contribution < 1.29 is 31.5 Å². The Morgan fingerprint density at radius 3 is 2.21 bits per heavy atom. The maximum absolute atomic E-state index is 13.3. The maximum atomic E-state index is 13.3. The molecular weight excluding hydrogens is 474 g/mol. The third kappa shape index (κ3) is 6.44. The molecule has 1 heterocycles. The molecule has 0 spiro atoms. The number of carbonyl (C=O) groups excluding carboxylic acids is 2. The van der Waals surface area contributed by atoms with Gasteiger partial charge in [-0.25, -0.2) is 17.2 Å². The van der Waals surface area contributed by atoms with Crippen LogP contribution in [0.15, 0.2) is 70.9 Å². The predicted octanol–water partition coefficient (Wildman–Crippen LogP) is 3.10. The fourth-order valence-corrected chi connectivity index (χ4v) is 4.79. The van der Waals surface area contributed by atoms with Crippen molar-refractivity contribution in [2.45, 2.75) is 10.9 Å². The molecule has 2 aromatic carbocycles. The van der Waals surface area contributed by atoms with Crippen LogP contribution in [-0.4, -0.2) is 44.8 Å². The second-order valence-electron chi connectivity index (χ2n) is 6.94. The average molecular weight is 495 g/mol. The van der Waals surface area contributed by atoms with Crippen LogP contribution in [0, 0.1) is 11.6 Å².